The van der Waals surface area contributed by atoms with Crippen molar-refractivity contribution in [3.05, 3.63) is 143 Å². The number of ether oxygens (including phenoxy) is 1. The summed E-state index contributed by atoms with van der Waals surface area (Å²) in [4.78, 5) is 27.7. The molecule has 2 saturated heterocycles. The smallest absolute Gasteiger partial charge is 0.293 e. The average molecular weight is 863 g/mol. The van der Waals surface area contributed by atoms with E-state index in [-0.39, 0.29) is 33.5 Å². The van der Waals surface area contributed by atoms with Gasteiger partial charge >= 0.3 is 0 Å². The number of morpholine rings is 1. The molecule has 2 N–H and O–H groups in total. The molecular weight excluding hydrogens is 816 g/mol. The number of nitro benzene ring substituents is 1. The molecule has 316 valence electrons. The monoisotopic (exact) mass is 862 g/mol. The highest BCUT2D eigenvalue weighted by Crippen LogP contribution is 2.34. The van der Waals surface area contributed by atoms with E-state index in [4.69, 9.17) is 4.74 Å². The van der Waals surface area contributed by atoms with Crippen LogP contribution in [0.4, 0.5) is 27.3 Å². The lowest BCUT2D eigenvalue weighted by Crippen LogP contribution is -2.46. The third-order valence-corrected chi connectivity index (χ3v) is 13.6. The number of halogens is 1. The average Bonchev–Trinajstić information content (AvgIpc) is 3.28. The van der Waals surface area contributed by atoms with E-state index < -0.39 is 20.8 Å². The number of rotatable bonds is 16. The quantitative estimate of drug-likeness (QED) is 0.0557. The fourth-order valence-electron chi connectivity index (χ4n) is 7.77. The first-order valence-corrected chi connectivity index (χ1v) is 22.8. The van der Waals surface area contributed by atoms with Gasteiger partial charge in [0.2, 0.25) is 0 Å². The zero-order valence-electron chi connectivity index (χ0n) is 33.5. The van der Waals surface area contributed by atoms with Crippen LogP contribution in [0.3, 0.4) is 0 Å². The maximum atomic E-state index is 15.9. The van der Waals surface area contributed by atoms with E-state index in [0.29, 0.717) is 49.7 Å². The Balaban J connectivity index is 0.955. The summed E-state index contributed by atoms with van der Waals surface area (Å²) in [6.07, 6.45) is 1.92. The molecule has 0 saturated carbocycles. The van der Waals surface area contributed by atoms with Gasteiger partial charge in [-0.25, -0.2) is 22.8 Å². The van der Waals surface area contributed by atoms with Crippen LogP contribution in [-0.2, 0) is 21.3 Å². The molecule has 6 aromatic rings. The van der Waals surface area contributed by atoms with Crippen LogP contribution in [0, 0.1) is 15.9 Å². The first-order valence-electron chi connectivity index (χ1n) is 20.3. The zero-order valence-corrected chi connectivity index (χ0v) is 35.2. The summed E-state index contributed by atoms with van der Waals surface area (Å²) < 4.78 is 51.5. The second kappa shape index (κ2) is 19.4. The maximum Gasteiger partial charge on any atom is 0.293 e. The van der Waals surface area contributed by atoms with Crippen LogP contribution in [0.25, 0.3) is 22.0 Å². The van der Waals surface area contributed by atoms with Gasteiger partial charge in [-0.05, 0) is 59.5 Å². The number of thioether (sulfide) groups is 1. The van der Waals surface area contributed by atoms with Gasteiger partial charge < -0.3 is 15.0 Å². The Morgan fingerprint density at radius 3 is 2.31 bits per heavy atom. The number of sulfonamides is 1. The van der Waals surface area contributed by atoms with E-state index in [0.717, 1.165) is 50.2 Å². The van der Waals surface area contributed by atoms with E-state index >= 15 is 4.39 Å². The molecule has 8 rings (SSSR count). The molecule has 2 fully saturated rings. The number of anilines is 3. The minimum Gasteiger partial charge on any atom is -0.379 e. The topological polar surface area (TPSA) is 146 Å². The normalized spacial score (nSPS) is 15.7. The largest absolute Gasteiger partial charge is 0.379 e. The van der Waals surface area contributed by atoms with Crippen molar-refractivity contribution in [2.24, 2.45) is 0 Å². The summed E-state index contributed by atoms with van der Waals surface area (Å²) in [5.41, 5.74) is 4.14. The lowest BCUT2D eigenvalue weighted by Gasteiger charge is -2.36. The standard InChI is InChI=1S/C45H47FN8O5S2/c46-40-28-39-42(29-43(40)53-21-19-52(20-22-53)30-34-11-7-8-14-38(34)33-9-3-1-4-10-33)47-32-48-45(39)50-61(57,58)37-15-16-41(44(27-37)54(55)56)49-35(17-18-51-23-25-59-26-24-51)31-60-36-12-5-2-6-13-36/h1-16,27-29,32,35,49H,17-26,30-31H2,(H,47,48,50). The molecule has 0 bridgehead atoms. The molecule has 5 aromatic carbocycles. The maximum absolute atomic E-state index is 15.9. The van der Waals surface area contributed by atoms with E-state index in [1.807, 2.05) is 59.5 Å². The number of nitrogens with zero attached hydrogens (tertiary/aromatic N) is 6. The third-order valence-electron chi connectivity index (χ3n) is 11.1. The van der Waals surface area contributed by atoms with Crippen molar-refractivity contribution in [3.8, 4) is 11.1 Å². The molecular formula is C45H47FN8O5S2. The number of nitro groups is 1. The van der Waals surface area contributed by atoms with Crippen molar-refractivity contribution in [3.63, 3.8) is 0 Å². The number of piperazine rings is 1. The summed E-state index contributed by atoms with van der Waals surface area (Å²) in [6, 6.07) is 35.1. The first kappa shape index (κ1) is 42.1. The fourth-order valence-corrected chi connectivity index (χ4v) is 9.81. The number of nitrogens with one attached hydrogen (secondary N) is 2. The van der Waals surface area contributed by atoms with Gasteiger partial charge in [0.05, 0.1) is 34.2 Å². The molecule has 2 aliphatic heterocycles. The Kier molecular flexibility index (Phi) is 13.4. The van der Waals surface area contributed by atoms with Crippen LogP contribution in [0.2, 0.25) is 0 Å². The molecule has 0 spiro atoms. The van der Waals surface area contributed by atoms with Crippen LogP contribution in [0.5, 0.6) is 0 Å². The number of fused-ring (bicyclic) bond motifs is 1. The summed E-state index contributed by atoms with van der Waals surface area (Å²) in [6.45, 7) is 7.12. The Morgan fingerprint density at radius 2 is 1.56 bits per heavy atom. The number of aromatic nitrogens is 2. The number of hydrogen-bond donors (Lipinski definition) is 2. The Labute approximate surface area is 359 Å². The highest BCUT2D eigenvalue weighted by Gasteiger charge is 2.26. The van der Waals surface area contributed by atoms with Crippen LogP contribution < -0.4 is 14.9 Å². The molecule has 0 aliphatic carbocycles. The first-order chi connectivity index (χ1) is 29.7. The van der Waals surface area contributed by atoms with Crippen LogP contribution in [-0.4, -0.2) is 104 Å². The molecule has 1 unspecified atom stereocenters. The lowest BCUT2D eigenvalue weighted by molar-refractivity contribution is -0.384. The summed E-state index contributed by atoms with van der Waals surface area (Å²) in [7, 11) is -4.41. The molecule has 1 aromatic heterocycles. The molecule has 2 aliphatic rings. The summed E-state index contributed by atoms with van der Waals surface area (Å²) >= 11 is 1.64. The molecule has 1 atom stereocenters. The van der Waals surface area contributed by atoms with E-state index in [1.165, 1.54) is 41.2 Å². The third kappa shape index (κ3) is 10.5. The molecule has 0 radical (unpaired) electrons. The van der Waals surface area contributed by atoms with E-state index in [9.17, 15) is 18.5 Å². The predicted molar refractivity (Wildman–Crippen MR) is 239 cm³/mol. The number of benzene rings is 5. The van der Waals surface area contributed by atoms with Gasteiger partial charge in [0, 0.05) is 80.5 Å². The van der Waals surface area contributed by atoms with Crippen molar-refractivity contribution in [2.75, 3.05) is 79.7 Å². The van der Waals surface area contributed by atoms with E-state index in [2.05, 4.69) is 60.1 Å². The van der Waals surface area contributed by atoms with Crippen LogP contribution >= 0.6 is 11.8 Å². The minimum absolute atomic E-state index is 0.136. The second-order valence-electron chi connectivity index (χ2n) is 15.1. The summed E-state index contributed by atoms with van der Waals surface area (Å²) in [5, 5.41) is 15.9. The molecule has 0 amide bonds. The second-order valence-corrected chi connectivity index (χ2v) is 17.9. The van der Waals surface area contributed by atoms with Crippen molar-refractivity contribution in [2.45, 2.75) is 28.8 Å². The Hall–Kier alpha value is -5.65. The van der Waals surface area contributed by atoms with Gasteiger partial charge in [0.15, 0.2) is 5.82 Å². The van der Waals surface area contributed by atoms with Gasteiger partial charge in [0.25, 0.3) is 15.7 Å². The summed E-state index contributed by atoms with van der Waals surface area (Å²) in [5.74, 6) is -0.0410. The van der Waals surface area contributed by atoms with Crippen LogP contribution in [0.15, 0.2) is 131 Å². The SMILES string of the molecule is O=[N+]([O-])c1cc(S(=O)(=O)Nc2ncnc3cc(N4CCN(Cc5ccccc5-c5ccccc5)CC4)c(F)cc23)ccc1NC(CCN1CCOCC1)CSc1ccccc1. The number of hydrogen-bond acceptors (Lipinski definition) is 12. The fraction of sp³-hybridized carbons (Fsp3) is 0.289. The van der Waals surface area contributed by atoms with Gasteiger partial charge in [-0.2, -0.15) is 0 Å². The van der Waals surface area contributed by atoms with Gasteiger partial charge in [0.1, 0.15) is 17.8 Å². The van der Waals surface area contributed by atoms with Gasteiger partial charge in [-0.3, -0.25) is 24.6 Å². The van der Waals surface area contributed by atoms with Crippen molar-refractivity contribution < 1.29 is 22.5 Å². The van der Waals surface area contributed by atoms with Gasteiger partial charge in [-0.1, -0.05) is 72.8 Å². The molecule has 16 heteroatoms. The highest BCUT2D eigenvalue weighted by molar-refractivity contribution is 7.99. The Morgan fingerprint density at radius 1 is 0.836 bits per heavy atom. The van der Waals surface area contributed by atoms with Crippen molar-refractivity contribution in [1.82, 2.24) is 19.8 Å². The van der Waals surface area contributed by atoms with E-state index in [1.54, 1.807) is 17.8 Å². The highest BCUT2D eigenvalue weighted by atomic mass is 32.2. The van der Waals surface area contributed by atoms with Crippen LogP contribution in [0.1, 0.15) is 12.0 Å². The Bertz CT molecular complexity index is 2560. The van der Waals surface area contributed by atoms with Crippen molar-refractivity contribution in [1.29, 1.82) is 0 Å². The van der Waals surface area contributed by atoms with Gasteiger partial charge in [-0.15, -0.1) is 11.8 Å². The lowest BCUT2D eigenvalue weighted by atomic mass is 9.99. The predicted octanol–water partition coefficient (Wildman–Crippen LogP) is 7.76. The zero-order chi connectivity index (χ0) is 42.2. The molecule has 13 nitrogen and oxygen atoms in total. The molecule has 61 heavy (non-hydrogen) atoms. The van der Waals surface area contributed by atoms with Crippen molar-refractivity contribution >= 4 is 55.6 Å². The molecule has 3 heterocycles. The minimum atomic E-state index is -4.41.